The number of carbonyl (C=O) groups excluding carboxylic acids is 1. The SMILES string of the molecule is CCN(CC)CCn1c(=S)[nH]c2cc(C(=O)NC3CCCCC3)ccc2c1=O. The number of carbonyl (C=O) groups is 1. The van der Waals surface area contributed by atoms with Gasteiger partial charge in [-0.3, -0.25) is 14.2 Å². The smallest absolute Gasteiger partial charge is 0.262 e. The average Bonchev–Trinajstić information content (AvgIpc) is 2.71. The van der Waals surface area contributed by atoms with Crippen LogP contribution in [0, 0.1) is 4.77 Å². The molecule has 1 aromatic carbocycles. The summed E-state index contributed by atoms with van der Waals surface area (Å²) in [5, 5.41) is 3.68. The summed E-state index contributed by atoms with van der Waals surface area (Å²) in [5.74, 6) is -0.0844. The number of hydrogen-bond acceptors (Lipinski definition) is 4. The third kappa shape index (κ3) is 4.70. The zero-order chi connectivity index (χ0) is 20.1. The van der Waals surface area contributed by atoms with Crippen molar-refractivity contribution in [3.05, 3.63) is 38.9 Å². The Morgan fingerprint density at radius 3 is 2.64 bits per heavy atom. The maximum atomic E-state index is 12.9. The Labute approximate surface area is 170 Å². The highest BCUT2D eigenvalue weighted by atomic mass is 32.1. The second-order valence-corrected chi connectivity index (χ2v) is 7.87. The number of likely N-dealkylation sites (N-methyl/N-ethyl adjacent to an activating group) is 1. The molecule has 7 heteroatoms. The normalized spacial score (nSPS) is 15.2. The summed E-state index contributed by atoms with van der Waals surface area (Å²) in [5.41, 5.74) is 1.07. The molecule has 1 heterocycles. The van der Waals surface area contributed by atoms with E-state index in [1.807, 2.05) is 0 Å². The molecule has 28 heavy (non-hydrogen) atoms. The van der Waals surface area contributed by atoms with E-state index in [0.717, 1.165) is 32.5 Å². The van der Waals surface area contributed by atoms with Crippen LogP contribution in [0.2, 0.25) is 0 Å². The Balaban J connectivity index is 1.82. The Kier molecular flexibility index (Phi) is 7.02. The van der Waals surface area contributed by atoms with E-state index in [1.54, 1.807) is 22.8 Å². The van der Waals surface area contributed by atoms with Gasteiger partial charge in [0.25, 0.3) is 11.5 Å². The molecule has 1 amide bonds. The monoisotopic (exact) mass is 402 g/mol. The van der Waals surface area contributed by atoms with Gasteiger partial charge in [-0.25, -0.2) is 0 Å². The standard InChI is InChI=1S/C21H30N4O2S/c1-3-24(4-2)12-13-25-20(27)17-11-10-15(14-18(17)23-21(25)28)19(26)22-16-8-6-5-7-9-16/h10-11,14,16H,3-9,12-13H2,1-2H3,(H,22,26)(H,23,28). The Bertz CT molecular complexity index is 940. The fourth-order valence-electron chi connectivity index (χ4n) is 3.90. The van der Waals surface area contributed by atoms with Gasteiger partial charge in [0.05, 0.1) is 10.9 Å². The molecular formula is C21H30N4O2S. The lowest BCUT2D eigenvalue weighted by Gasteiger charge is -2.22. The maximum Gasteiger partial charge on any atom is 0.262 e. The molecule has 1 saturated carbocycles. The summed E-state index contributed by atoms with van der Waals surface area (Å²) in [6, 6.07) is 5.45. The highest BCUT2D eigenvalue weighted by Crippen LogP contribution is 2.18. The molecule has 1 aliphatic carbocycles. The van der Waals surface area contributed by atoms with Gasteiger partial charge in [-0.2, -0.15) is 0 Å². The van der Waals surface area contributed by atoms with Crippen molar-refractivity contribution in [2.75, 3.05) is 19.6 Å². The molecule has 3 rings (SSSR count). The zero-order valence-corrected chi connectivity index (χ0v) is 17.6. The van der Waals surface area contributed by atoms with Crippen molar-refractivity contribution >= 4 is 29.0 Å². The number of aromatic nitrogens is 2. The lowest BCUT2D eigenvalue weighted by atomic mass is 9.95. The first-order valence-electron chi connectivity index (χ1n) is 10.3. The molecule has 1 aliphatic rings. The van der Waals surface area contributed by atoms with Crippen molar-refractivity contribution < 1.29 is 4.79 Å². The molecule has 0 bridgehead atoms. The van der Waals surface area contributed by atoms with Crippen LogP contribution >= 0.6 is 12.2 Å². The summed E-state index contributed by atoms with van der Waals surface area (Å²) in [6.45, 7) is 7.41. The van der Waals surface area contributed by atoms with E-state index in [-0.39, 0.29) is 17.5 Å². The van der Waals surface area contributed by atoms with Crippen LogP contribution in [0.4, 0.5) is 0 Å². The van der Waals surface area contributed by atoms with Crippen LogP contribution in [0.15, 0.2) is 23.0 Å². The van der Waals surface area contributed by atoms with Gasteiger partial charge in [0.1, 0.15) is 0 Å². The molecule has 0 atom stereocenters. The summed E-state index contributed by atoms with van der Waals surface area (Å²) >= 11 is 5.42. The van der Waals surface area contributed by atoms with E-state index in [2.05, 4.69) is 29.0 Å². The third-order valence-corrected chi connectivity index (χ3v) is 6.04. The molecule has 0 aliphatic heterocycles. The van der Waals surface area contributed by atoms with Crippen LogP contribution in [-0.2, 0) is 6.54 Å². The van der Waals surface area contributed by atoms with Crippen molar-refractivity contribution in [2.24, 2.45) is 0 Å². The quantitative estimate of drug-likeness (QED) is 0.696. The summed E-state index contributed by atoms with van der Waals surface area (Å²) in [6.07, 6.45) is 5.67. The number of amides is 1. The van der Waals surface area contributed by atoms with Crippen LogP contribution in [0.3, 0.4) is 0 Å². The van der Waals surface area contributed by atoms with Crippen LogP contribution in [0.5, 0.6) is 0 Å². The fourth-order valence-corrected chi connectivity index (χ4v) is 4.18. The first kappa shape index (κ1) is 20.7. The van der Waals surface area contributed by atoms with Gasteiger partial charge in [0.2, 0.25) is 0 Å². The van der Waals surface area contributed by atoms with Crippen LogP contribution in [0.25, 0.3) is 10.9 Å². The number of rotatable bonds is 7. The molecular weight excluding hydrogens is 372 g/mol. The summed E-state index contributed by atoms with van der Waals surface area (Å²) < 4.78 is 2.01. The average molecular weight is 403 g/mol. The largest absolute Gasteiger partial charge is 0.349 e. The minimum atomic E-state index is -0.106. The minimum absolute atomic E-state index is 0.0844. The first-order chi connectivity index (χ1) is 13.5. The molecule has 2 aromatic rings. The number of nitrogens with zero attached hydrogens (tertiary/aromatic N) is 2. The van der Waals surface area contributed by atoms with Crippen molar-refractivity contribution in [3.63, 3.8) is 0 Å². The first-order valence-corrected chi connectivity index (χ1v) is 10.7. The zero-order valence-electron chi connectivity index (χ0n) is 16.8. The van der Waals surface area contributed by atoms with Gasteiger partial charge < -0.3 is 15.2 Å². The van der Waals surface area contributed by atoms with Crippen molar-refractivity contribution in [1.82, 2.24) is 19.8 Å². The number of hydrogen-bond donors (Lipinski definition) is 2. The van der Waals surface area contributed by atoms with E-state index >= 15 is 0 Å². The molecule has 152 valence electrons. The number of fused-ring (bicyclic) bond motifs is 1. The molecule has 1 fully saturated rings. The van der Waals surface area contributed by atoms with Gasteiger partial charge in [-0.05, 0) is 56.3 Å². The maximum absolute atomic E-state index is 12.9. The number of nitrogens with one attached hydrogen (secondary N) is 2. The summed E-state index contributed by atoms with van der Waals surface area (Å²) in [7, 11) is 0. The lowest BCUT2D eigenvalue weighted by molar-refractivity contribution is 0.0928. The fraction of sp³-hybridized carbons (Fsp3) is 0.571. The molecule has 6 nitrogen and oxygen atoms in total. The number of H-pyrrole nitrogens is 1. The molecule has 0 radical (unpaired) electrons. The van der Waals surface area contributed by atoms with Gasteiger partial charge in [0.15, 0.2) is 4.77 Å². The van der Waals surface area contributed by atoms with Gasteiger partial charge in [0, 0.05) is 24.7 Å². The molecule has 1 aromatic heterocycles. The Hall–Kier alpha value is -1.99. The van der Waals surface area contributed by atoms with E-state index < -0.39 is 0 Å². The van der Waals surface area contributed by atoms with Crippen LogP contribution in [-0.4, -0.2) is 46.0 Å². The van der Waals surface area contributed by atoms with E-state index in [9.17, 15) is 9.59 Å². The minimum Gasteiger partial charge on any atom is -0.349 e. The highest BCUT2D eigenvalue weighted by molar-refractivity contribution is 7.71. The van der Waals surface area contributed by atoms with Gasteiger partial charge >= 0.3 is 0 Å². The molecule has 0 spiro atoms. The number of aromatic amines is 1. The Morgan fingerprint density at radius 1 is 1.25 bits per heavy atom. The van der Waals surface area contributed by atoms with Crippen LogP contribution in [0.1, 0.15) is 56.3 Å². The molecule has 2 N–H and O–H groups in total. The van der Waals surface area contributed by atoms with E-state index in [1.165, 1.54) is 19.3 Å². The second kappa shape index (κ2) is 9.47. The second-order valence-electron chi connectivity index (χ2n) is 7.48. The summed E-state index contributed by atoms with van der Waals surface area (Å²) in [4.78, 5) is 30.9. The van der Waals surface area contributed by atoms with E-state index in [4.69, 9.17) is 12.2 Å². The van der Waals surface area contributed by atoms with Gasteiger partial charge in [-0.15, -0.1) is 0 Å². The third-order valence-electron chi connectivity index (χ3n) is 5.72. The molecule has 0 saturated heterocycles. The highest BCUT2D eigenvalue weighted by Gasteiger charge is 2.17. The van der Waals surface area contributed by atoms with Crippen LogP contribution < -0.4 is 10.9 Å². The Morgan fingerprint density at radius 2 is 1.96 bits per heavy atom. The lowest BCUT2D eigenvalue weighted by Crippen LogP contribution is -2.36. The van der Waals surface area contributed by atoms with Crippen molar-refractivity contribution in [3.8, 4) is 0 Å². The van der Waals surface area contributed by atoms with Crippen molar-refractivity contribution in [1.29, 1.82) is 0 Å². The van der Waals surface area contributed by atoms with Crippen molar-refractivity contribution in [2.45, 2.75) is 58.5 Å². The van der Waals surface area contributed by atoms with Gasteiger partial charge in [-0.1, -0.05) is 33.1 Å². The predicted octanol–water partition coefficient (Wildman–Crippen LogP) is 3.46. The number of benzene rings is 1. The topological polar surface area (TPSA) is 70.1 Å². The molecule has 0 unspecified atom stereocenters. The van der Waals surface area contributed by atoms with E-state index in [0.29, 0.717) is 27.8 Å². The predicted molar refractivity (Wildman–Crippen MR) is 116 cm³/mol.